The first-order valence-electron chi connectivity index (χ1n) is 12.0. The summed E-state index contributed by atoms with van der Waals surface area (Å²) in [6, 6.07) is 3.87. The summed E-state index contributed by atoms with van der Waals surface area (Å²) in [6.07, 6.45) is 4.62. The number of cyclic esters (lactones) is 1. The van der Waals surface area contributed by atoms with Gasteiger partial charge >= 0.3 is 5.97 Å². The molecule has 2 heterocycles. The molecule has 1 aromatic rings. The number of thioether (sulfide) groups is 1. The van der Waals surface area contributed by atoms with Gasteiger partial charge in [0.1, 0.15) is 23.2 Å². The van der Waals surface area contributed by atoms with E-state index in [1.807, 2.05) is 31.2 Å². The highest BCUT2D eigenvalue weighted by Gasteiger charge is 2.24. The van der Waals surface area contributed by atoms with Crippen molar-refractivity contribution in [3.63, 3.8) is 0 Å². The Labute approximate surface area is 218 Å². The number of nitrogens with one attached hydrogen (secondary N) is 2. The van der Waals surface area contributed by atoms with Crippen LogP contribution in [0.15, 0.2) is 35.3 Å². The molecule has 10 heteroatoms. The summed E-state index contributed by atoms with van der Waals surface area (Å²) in [4.78, 5) is 46.8. The monoisotopic (exact) mass is 522 g/mol. The molecule has 2 N–H and O–H groups in total. The molecule has 0 radical (unpaired) electrons. The zero-order chi connectivity index (χ0) is 26.2. The van der Waals surface area contributed by atoms with Crippen molar-refractivity contribution in [3.8, 4) is 0 Å². The van der Waals surface area contributed by atoms with Gasteiger partial charge in [0, 0.05) is 0 Å². The highest BCUT2D eigenvalue weighted by Crippen LogP contribution is 2.15. The Balaban J connectivity index is 0.00000194. The Morgan fingerprint density at radius 3 is 2.57 bits per heavy atom. The third-order valence-electron chi connectivity index (χ3n) is 4.48. The molecule has 0 aromatic carbocycles. The Kier molecular flexibility index (Phi) is 15.0. The fraction of sp³-hybridized carbons (Fsp3) is 0.560. The third-order valence-corrected chi connectivity index (χ3v) is 5.61. The van der Waals surface area contributed by atoms with Crippen LogP contribution >= 0.6 is 24.4 Å². The van der Waals surface area contributed by atoms with Crippen LogP contribution in [-0.2, 0) is 25.7 Å². The van der Waals surface area contributed by atoms with Crippen molar-refractivity contribution in [1.82, 2.24) is 15.6 Å². The van der Waals surface area contributed by atoms with Crippen molar-refractivity contribution >= 4 is 47.2 Å². The minimum atomic E-state index is -0.888. The van der Waals surface area contributed by atoms with E-state index < -0.39 is 30.1 Å². The Bertz CT molecular complexity index is 892. The van der Waals surface area contributed by atoms with Gasteiger partial charge in [0.15, 0.2) is 0 Å². The van der Waals surface area contributed by atoms with Crippen molar-refractivity contribution in [1.29, 1.82) is 0 Å². The van der Waals surface area contributed by atoms with Crippen LogP contribution in [0.2, 0.25) is 0 Å². The largest absolute Gasteiger partial charge is 0.456 e. The second-order valence-electron chi connectivity index (χ2n) is 7.89. The number of ether oxygens (including phenoxy) is 1. The summed E-state index contributed by atoms with van der Waals surface area (Å²) in [6.45, 7) is 9.67. The van der Waals surface area contributed by atoms with E-state index in [-0.39, 0.29) is 18.9 Å². The van der Waals surface area contributed by atoms with Gasteiger partial charge in [0.2, 0.25) is 11.8 Å². The number of carbonyl (C=O) groups is 3. The second kappa shape index (κ2) is 17.2. The molecule has 0 spiro atoms. The summed E-state index contributed by atoms with van der Waals surface area (Å²) < 4.78 is 5.49. The molecule has 2 bridgehead atoms. The van der Waals surface area contributed by atoms with Crippen molar-refractivity contribution < 1.29 is 19.1 Å². The van der Waals surface area contributed by atoms with Crippen LogP contribution in [0.4, 0.5) is 0 Å². The van der Waals surface area contributed by atoms with Crippen LogP contribution < -0.4 is 10.6 Å². The number of amides is 2. The molecule has 0 unspecified atom stereocenters. The number of fused-ring (bicyclic) bond motifs is 2. The molecule has 2 amide bonds. The van der Waals surface area contributed by atoms with E-state index in [2.05, 4.69) is 47.1 Å². The lowest BCUT2D eigenvalue weighted by molar-refractivity contribution is -0.151. The van der Waals surface area contributed by atoms with Gasteiger partial charge in [-0.15, -0.1) is 11.8 Å². The van der Waals surface area contributed by atoms with Gasteiger partial charge < -0.3 is 15.4 Å². The van der Waals surface area contributed by atoms with Gasteiger partial charge in [-0.25, -0.2) is 9.78 Å². The molecular weight excluding hydrogens is 484 g/mol. The number of allylic oxidation sites excluding steroid dienone is 1. The van der Waals surface area contributed by atoms with Gasteiger partial charge in [0.05, 0.1) is 24.4 Å². The van der Waals surface area contributed by atoms with E-state index in [9.17, 15) is 14.4 Å². The minimum absolute atomic E-state index is 0.0377. The topological polar surface area (TPSA) is 110 Å². The fourth-order valence-corrected chi connectivity index (χ4v) is 3.72. The van der Waals surface area contributed by atoms with E-state index in [0.29, 0.717) is 28.6 Å². The van der Waals surface area contributed by atoms with Crippen molar-refractivity contribution in [2.24, 2.45) is 4.99 Å². The highest BCUT2D eigenvalue weighted by atomic mass is 32.2. The maximum Gasteiger partial charge on any atom is 0.328 e. The van der Waals surface area contributed by atoms with Gasteiger partial charge in [-0.2, -0.15) is 12.6 Å². The average Bonchev–Trinajstić information content (AvgIpc) is 2.82. The molecule has 1 aliphatic rings. The van der Waals surface area contributed by atoms with Crippen LogP contribution in [0.25, 0.3) is 0 Å². The van der Waals surface area contributed by atoms with Gasteiger partial charge in [0.25, 0.3) is 0 Å². The fourth-order valence-electron chi connectivity index (χ4n) is 2.81. The van der Waals surface area contributed by atoms with Crippen LogP contribution in [0.1, 0.15) is 65.3 Å². The van der Waals surface area contributed by atoms with Gasteiger partial charge in [-0.05, 0) is 50.0 Å². The predicted octanol–water partition coefficient (Wildman–Crippen LogP) is 3.70. The lowest BCUT2D eigenvalue weighted by Crippen LogP contribution is -2.44. The van der Waals surface area contributed by atoms with Gasteiger partial charge in [-0.1, -0.05) is 39.3 Å². The Hall–Kier alpha value is -2.33. The lowest BCUT2D eigenvalue weighted by atomic mass is 10.2. The Morgan fingerprint density at radius 2 is 1.91 bits per heavy atom. The maximum absolute atomic E-state index is 12.6. The molecule has 0 saturated heterocycles. The number of hydrogen-bond donors (Lipinski definition) is 3. The molecule has 1 aliphatic heterocycles. The average molecular weight is 523 g/mol. The third kappa shape index (κ3) is 11.8. The first-order valence-corrected chi connectivity index (χ1v) is 13.6. The van der Waals surface area contributed by atoms with Gasteiger partial charge in [-0.3, -0.25) is 14.6 Å². The highest BCUT2D eigenvalue weighted by molar-refractivity contribution is 8.14. The quantitative estimate of drug-likeness (QED) is 0.316. The lowest BCUT2D eigenvalue weighted by Gasteiger charge is -2.20. The molecule has 3 atom stereocenters. The van der Waals surface area contributed by atoms with Crippen LogP contribution in [0, 0.1) is 0 Å². The smallest absolute Gasteiger partial charge is 0.328 e. The molecular formula is C25H38N4O4S2. The van der Waals surface area contributed by atoms with Crippen LogP contribution in [0.3, 0.4) is 0 Å². The molecule has 8 nitrogen and oxygen atoms in total. The molecule has 0 aliphatic carbocycles. The van der Waals surface area contributed by atoms with E-state index in [1.165, 1.54) is 18.2 Å². The minimum Gasteiger partial charge on any atom is -0.456 e. The number of esters is 1. The summed E-state index contributed by atoms with van der Waals surface area (Å²) >= 11 is 5.63. The second-order valence-corrected chi connectivity index (χ2v) is 9.59. The van der Waals surface area contributed by atoms with Crippen LogP contribution in [-0.4, -0.2) is 57.5 Å². The number of nitrogens with zero attached hydrogens (tertiary/aromatic N) is 2. The van der Waals surface area contributed by atoms with Crippen molar-refractivity contribution in [3.05, 3.63) is 41.7 Å². The number of rotatable bonds is 4. The van der Waals surface area contributed by atoms with E-state index >= 15 is 0 Å². The first-order chi connectivity index (χ1) is 16.7. The molecule has 0 fully saturated rings. The van der Waals surface area contributed by atoms with E-state index in [1.54, 1.807) is 19.9 Å². The summed E-state index contributed by atoms with van der Waals surface area (Å²) in [7, 11) is 0. The molecule has 0 saturated carbocycles. The predicted molar refractivity (Wildman–Crippen MR) is 146 cm³/mol. The number of thiol groups is 1. The standard InChI is InChI=1S/C22H30N4O4S2.C3H8/c1-4-32-21-18-10-7-8-16(26-18)13-23-19(27)12-17(9-5-6-11-31)30-22(29)15(3)24-20(28)14(2)25-21;1-3-2/h5,7-10,14-15,17,31H,4,6,11-13H2,1-3H3,(H,23,27)(H,24,28);3H2,1-2H3/b9-5+,25-21?;/t14-,15+,17-;/m1./s1. The zero-order valence-electron chi connectivity index (χ0n) is 21.2. The summed E-state index contributed by atoms with van der Waals surface area (Å²) in [5.41, 5.74) is 1.30. The maximum atomic E-state index is 12.6. The molecule has 35 heavy (non-hydrogen) atoms. The zero-order valence-corrected chi connectivity index (χ0v) is 23.0. The Morgan fingerprint density at radius 1 is 1.20 bits per heavy atom. The summed E-state index contributed by atoms with van der Waals surface area (Å²) in [5, 5.41) is 6.09. The normalized spacial score (nSPS) is 21.8. The van der Waals surface area contributed by atoms with Crippen LogP contribution in [0.5, 0.6) is 0 Å². The number of carbonyl (C=O) groups excluding carboxylic acids is 3. The van der Waals surface area contributed by atoms with E-state index in [0.717, 1.165) is 5.75 Å². The van der Waals surface area contributed by atoms with Crippen molar-refractivity contribution in [2.75, 3.05) is 11.5 Å². The van der Waals surface area contributed by atoms with Crippen molar-refractivity contribution in [2.45, 2.75) is 78.6 Å². The van der Waals surface area contributed by atoms with E-state index in [4.69, 9.17) is 4.74 Å². The number of aliphatic imine (C=N–C) groups is 1. The number of pyridine rings is 1. The summed E-state index contributed by atoms with van der Waals surface area (Å²) in [5.74, 6) is 0.0893. The first kappa shape index (κ1) is 30.7. The molecule has 2 rings (SSSR count). The number of aromatic nitrogens is 1. The molecule has 1 aromatic heterocycles. The molecule has 194 valence electrons. The number of hydrogen-bond acceptors (Lipinski definition) is 8. The SMILES string of the molecule is CCC.CCSC1=N[C@H](C)C(=O)N[C@@H](C)C(=O)O[C@H](/C=C/CCS)CC(=O)NCc2cccc1n2.